The van der Waals surface area contributed by atoms with Crippen LogP contribution in [0.5, 0.6) is 0 Å². The lowest BCUT2D eigenvalue weighted by atomic mass is 9.82. The maximum absolute atomic E-state index is 11.7. The molecule has 1 aliphatic heterocycles. The van der Waals surface area contributed by atoms with Gasteiger partial charge in [0.25, 0.3) is 0 Å². The van der Waals surface area contributed by atoms with Crippen molar-refractivity contribution in [2.24, 2.45) is 5.92 Å². The molecule has 16 heavy (non-hydrogen) atoms. The summed E-state index contributed by atoms with van der Waals surface area (Å²) in [5, 5.41) is 6.28. The minimum Gasteiger partial charge on any atom is -0.444 e. The molecule has 1 amide bonds. The molecule has 94 valence electrons. The van der Waals surface area contributed by atoms with Gasteiger partial charge in [-0.15, -0.1) is 0 Å². The number of amides is 1. The van der Waals surface area contributed by atoms with Crippen molar-refractivity contribution in [3.8, 4) is 0 Å². The number of carbonyl (C=O) groups is 1. The molecule has 0 radical (unpaired) electrons. The molecule has 1 aliphatic rings. The van der Waals surface area contributed by atoms with Gasteiger partial charge in [0, 0.05) is 6.54 Å². The van der Waals surface area contributed by atoms with Crippen molar-refractivity contribution in [2.45, 2.75) is 52.2 Å². The van der Waals surface area contributed by atoms with Crippen molar-refractivity contribution in [1.29, 1.82) is 0 Å². The highest BCUT2D eigenvalue weighted by molar-refractivity contribution is 5.68. The quantitative estimate of drug-likeness (QED) is 0.720. The Morgan fingerprint density at radius 1 is 1.50 bits per heavy atom. The van der Waals surface area contributed by atoms with E-state index in [-0.39, 0.29) is 11.6 Å². The van der Waals surface area contributed by atoms with Gasteiger partial charge in [-0.25, -0.2) is 4.79 Å². The number of hydrogen-bond donors (Lipinski definition) is 2. The lowest BCUT2D eigenvalue weighted by molar-refractivity contribution is 0.0404. The third-order valence-electron chi connectivity index (χ3n) is 3.12. The molecule has 0 aliphatic carbocycles. The molecule has 2 N–H and O–H groups in total. The highest BCUT2D eigenvalue weighted by atomic mass is 16.6. The Labute approximate surface area is 98.1 Å². The first-order valence-electron chi connectivity index (χ1n) is 5.95. The van der Waals surface area contributed by atoms with E-state index in [1.165, 1.54) is 0 Å². The van der Waals surface area contributed by atoms with Gasteiger partial charge in [-0.1, -0.05) is 6.92 Å². The standard InChI is InChI=1S/C12H24N2O2/c1-9-6-7-13-8-12(9,5)14-10(15)16-11(2,3)4/h9,13H,6-8H2,1-5H3,(H,14,15). The third kappa shape index (κ3) is 3.67. The van der Waals surface area contributed by atoms with Gasteiger partial charge in [-0.3, -0.25) is 0 Å². The van der Waals surface area contributed by atoms with Gasteiger partial charge >= 0.3 is 6.09 Å². The Morgan fingerprint density at radius 3 is 2.62 bits per heavy atom. The van der Waals surface area contributed by atoms with E-state index in [4.69, 9.17) is 4.74 Å². The van der Waals surface area contributed by atoms with Gasteiger partial charge in [0.15, 0.2) is 0 Å². The van der Waals surface area contributed by atoms with Gasteiger partial charge in [0.05, 0.1) is 5.54 Å². The fourth-order valence-electron chi connectivity index (χ4n) is 1.86. The van der Waals surface area contributed by atoms with Gasteiger partial charge in [-0.2, -0.15) is 0 Å². The number of nitrogens with one attached hydrogen (secondary N) is 2. The van der Waals surface area contributed by atoms with Gasteiger partial charge in [0.2, 0.25) is 0 Å². The van der Waals surface area contributed by atoms with Gasteiger partial charge in [0.1, 0.15) is 5.60 Å². The normalized spacial score (nSPS) is 30.9. The largest absolute Gasteiger partial charge is 0.444 e. The van der Waals surface area contributed by atoms with Crippen molar-refractivity contribution < 1.29 is 9.53 Å². The Kier molecular flexibility index (Phi) is 3.84. The van der Waals surface area contributed by atoms with E-state index >= 15 is 0 Å². The number of rotatable bonds is 1. The Morgan fingerprint density at radius 2 is 2.12 bits per heavy atom. The summed E-state index contributed by atoms with van der Waals surface area (Å²) < 4.78 is 5.28. The predicted octanol–water partition coefficient (Wildman–Crippen LogP) is 1.90. The molecule has 0 bridgehead atoms. The Hall–Kier alpha value is -0.770. The second-order valence-electron chi connectivity index (χ2n) is 5.91. The van der Waals surface area contributed by atoms with E-state index in [9.17, 15) is 4.79 Å². The molecule has 4 heteroatoms. The molecule has 4 nitrogen and oxygen atoms in total. The third-order valence-corrected chi connectivity index (χ3v) is 3.12. The first kappa shape index (κ1) is 13.3. The molecule has 2 unspecified atom stereocenters. The zero-order valence-corrected chi connectivity index (χ0v) is 11.0. The van der Waals surface area contributed by atoms with Crippen molar-refractivity contribution in [3.05, 3.63) is 0 Å². The first-order chi connectivity index (χ1) is 7.23. The fourth-order valence-corrected chi connectivity index (χ4v) is 1.86. The first-order valence-corrected chi connectivity index (χ1v) is 5.95. The molecule has 0 saturated carbocycles. The maximum atomic E-state index is 11.7. The van der Waals surface area contributed by atoms with Gasteiger partial charge in [-0.05, 0) is 46.6 Å². The van der Waals surface area contributed by atoms with E-state index in [1.807, 2.05) is 20.8 Å². The molecule has 1 saturated heterocycles. The molecule has 0 spiro atoms. The molecule has 1 heterocycles. The fraction of sp³-hybridized carbons (Fsp3) is 0.917. The number of hydrogen-bond acceptors (Lipinski definition) is 3. The highest BCUT2D eigenvalue weighted by Crippen LogP contribution is 2.23. The summed E-state index contributed by atoms with van der Waals surface area (Å²) in [7, 11) is 0. The lowest BCUT2D eigenvalue weighted by Crippen LogP contribution is -2.60. The number of carbonyl (C=O) groups excluding carboxylic acids is 1. The summed E-state index contributed by atoms with van der Waals surface area (Å²) in [6.45, 7) is 11.7. The molecular weight excluding hydrogens is 204 g/mol. The van der Waals surface area contributed by atoms with Crippen molar-refractivity contribution in [1.82, 2.24) is 10.6 Å². The minimum atomic E-state index is -0.439. The molecule has 0 aromatic rings. The summed E-state index contributed by atoms with van der Waals surface area (Å²) in [5.74, 6) is 0.460. The minimum absolute atomic E-state index is 0.208. The number of ether oxygens (including phenoxy) is 1. The number of alkyl carbamates (subject to hydrolysis) is 1. The Balaban J connectivity index is 2.54. The van der Waals surface area contributed by atoms with Crippen LogP contribution in [-0.2, 0) is 4.74 Å². The smallest absolute Gasteiger partial charge is 0.408 e. The van der Waals surface area contributed by atoms with Crippen LogP contribution in [0.15, 0.2) is 0 Å². The molecule has 1 fully saturated rings. The predicted molar refractivity (Wildman–Crippen MR) is 64.4 cm³/mol. The summed E-state index contributed by atoms with van der Waals surface area (Å²) >= 11 is 0. The second kappa shape index (κ2) is 4.62. The lowest BCUT2D eigenvalue weighted by Gasteiger charge is -2.40. The van der Waals surface area contributed by atoms with Crippen LogP contribution in [0.2, 0.25) is 0 Å². The van der Waals surface area contributed by atoms with Crippen LogP contribution in [0.4, 0.5) is 4.79 Å². The average molecular weight is 228 g/mol. The molecule has 0 aromatic heterocycles. The molecule has 2 atom stereocenters. The van der Waals surface area contributed by atoms with Crippen LogP contribution in [-0.4, -0.2) is 30.3 Å². The SMILES string of the molecule is CC1CCNCC1(C)NC(=O)OC(C)(C)C. The zero-order chi connectivity index (χ0) is 12.4. The van der Waals surface area contributed by atoms with Gasteiger partial charge < -0.3 is 15.4 Å². The molecule has 0 aromatic carbocycles. The average Bonchev–Trinajstić information content (AvgIpc) is 2.06. The topological polar surface area (TPSA) is 50.4 Å². The van der Waals surface area contributed by atoms with E-state index in [1.54, 1.807) is 0 Å². The van der Waals surface area contributed by atoms with Crippen molar-refractivity contribution >= 4 is 6.09 Å². The van der Waals surface area contributed by atoms with Crippen LogP contribution in [0.25, 0.3) is 0 Å². The summed E-state index contributed by atoms with van der Waals surface area (Å²) in [5.41, 5.74) is -0.646. The maximum Gasteiger partial charge on any atom is 0.408 e. The summed E-state index contributed by atoms with van der Waals surface area (Å²) in [4.78, 5) is 11.7. The summed E-state index contributed by atoms with van der Waals surface area (Å²) in [6.07, 6.45) is 0.747. The zero-order valence-electron chi connectivity index (χ0n) is 11.0. The summed E-state index contributed by atoms with van der Waals surface area (Å²) in [6, 6.07) is 0. The van der Waals surface area contributed by atoms with E-state index in [0.717, 1.165) is 19.5 Å². The van der Waals surface area contributed by atoms with Crippen molar-refractivity contribution in [2.75, 3.05) is 13.1 Å². The van der Waals surface area contributed by atoms with Crippen LogP contribution < -0.4 is 10.6 Å². The van der Waals surface area contributed by atoms with E-state index in [2.05, 4.69) is 24.5 Å². The highest BCUT2D eigenvalue weighted by Gasteiger charge is 2.36. The number of piperidine rings is 1. The van der Waals surface area contributed by atoms with Crippen LogP contribution in [0, 0.1) is 5.92 Å². The van der Waals surface area contributed by atoms with Crippen LogP contribution >= 0.6 is 0 Å². The molecular formula is C12H24N2O2. The monoisotopic (exact) mass is 228 g/mol. The second-order valence-corrected chi connectivity index (χ2v) is 5.91. The molecule has 1 rings (SSSR count). The van der Waals surface area contributed by atoms with Crippen LogP contribution in [0.1, 0.15) is 41.0 Å². The van der Waals surface area contributed by atoms with E-state index < -0.39 is 5.60 Å². The van der Waals surface area contributed by atoms with Crippen molar-refractivity contribution in [3.63, 3.8) is 0 Å². The van der Waals surface area contributed by atoms with E-state index in [0.29, 0.717) is 5.92 Å². The van der Waals surface area contributed by atoms with Crippen LogP contribution in [0.3, 0.4) is 0 Å². The Bertz CT molecular complexity index is 260.